The van der Waals surface area contributed by atoms with Crippen molar-refractivity contribution in [1.29, 1.82) is 0 Å². The van der Waals surface area contributed by atoms with Gasteiger partial charge in [0, 0.05) is 23.6 Å². The lowest BCUT2D eigenvalue weighted by Gasteiger charge is -2.37. The van der Waals surface area contributed by atoms with Gasteiger partial charge >= 0.3 is 0 Å². The van der Waals surface area contributed by atoms with Crippen LogP contribution in [0.1, 0.15) is 33.1 Å². The highest BCUT2D eigenvalue weighted by atomic mass is 32.2. The van der Waals surface area contributed by atoms with Crippen LogP contribution in [0.15, 0.2) is 0 Å². The summed E-state index contributed by atoms with van der Waals surface area (Å²) >= 11 is 2.18. The van der Waals surface area contributed by atoms with Crippen molar-refractivity contribution >= 4 is 11.8 Å². The van der Waals surface area contributed by atoms with Gasteiger partial charge in [0.1, 0.15) is 0 Å². The molecular weight excluding hydrogens is 228 g/mol. The summed E-state index contributed by atoms with van der Waals surface area (Å²) in [6.07, 6.45) is 4.17. The minimum atomic E-state index is 0.733. The Kier molecular flexibility index (Phi) is 6.90. The summed E-state index contributed by atoms with van der Waals surface area (Å²) in [6.45, 7) is 5.96. The monoisotopic (exact) mass is 258 g/mol. The van der Waals surface area contributed by atoms with Gasteiger partial charge in [-0.3, -0.25) is 0 Å². The molecule has 1 saturated carbocycles. The van der Waals surface area contributed by atoms with Gasteiger partial charge in [0.15, 0.2) is 0 Å². The SMILES string of the molecule is CNC1CCC(C(C)C)CC1SCCN(C)C. The second kappa shape index (κ2) is 7.65. The van der Waals surface area contributed by atoms with E-state index in [4.69, 9.17) is 0 Å². The third-order valence-electron chi connectivity index (χ3n) is 4.02. The van der Waals surface area contributed by atoms with Crippen LogP contribution in [0.25, 0.3) is 0 Å². The van der Waals surface area contributed by atoms with Crippen molar-refractivity contribution in [3.63, 3.8) is 0 Å². The average Bonchev–Trinajstić information content (AvgIpc) is 2.28. The molecule has 1 N–H and O–H groups in total. The van der Waals surface area contributed by atoms with Crippen molar-refractivity contribution in [1.82, 2.24) is 10.2 Å². The van der Waals surface area contributed by atoms with Gasteiger partial charge in [-0.05, 0) is 52.2 Å². The van der Waals surface area contributed by atoms with Crippen LogP contribution in [0.5, 0.6) is 0 Å². The van der Waals surface area contributed by atoms with E-state index >= 15 is 0 Å². The Hall–Kier alpha value is 0.270. The number of rotatable bonds is 6. The second-order valence-electron chi connectivity index (χ2n) is 5.92. The van der Waals surface area contributed by atoms with E-state index in [-0.39, 0.29) is 0 Å². The topological polar surface area (TPSA) is 15.3 Å². The highest BCUT2D eigenvalue weighted by Gasteiger charge is 2.30. The molecule has 0 heterocycles. The predicted molar refractivity (Wildman–Crippen MR) is 79.8 cm³/mol. The van der Waals surface area contributed by atoms with Crippen LogP contribution >= 0.6 is 11.8 Å². The van der Waals surface area contributed by atoms with Crippen LogP contribution < -0.4 is 5.32 Å². The Balaban J connectivity index is 2.40. The predicted octanol–water partition coefficient (Wildman–Crippen LogP) is 2.69. The molecule has 0 spiro atoms. The molecule has 102 valence electrons. The van der Waals surface area contributed by atoms with E-state index in [1.54, 1.807) is 0 Å². The maximum absolute atomic E-state index is 3.52. The molecule has 1 aliphatic carbocycles. The summed E-state index contributed by atoms with van der Waals surface area (Å²) in [6, 6.07) is 0.733. The van der Waals surface area contributed by atoms with E-state index in [0.717, 1.165) is 23.1 Å². The Bertz CT molecular complexity index is 206. The van der Waals surface area contributed by atoms with Gasteiger partial charge in [0.05, 0.1) is 0 Å². The van der Waals surface area contributed by atoms with Crippen LogP contribution in [0.2, 0.25) is 0 Å². The number of hydrogen-bond donors (Lipinski definition) is 1. The van der Waals surface area contributed by atoms with Gasteiger partial charge < -0.3 is 10.2 Å². The zero-order valence-electron chi connectivity index (χ0n) is 12.2. The number of hydrogen-bond acceptors (Lipinski definition) is 3. The lowest BCUT2D eigenvalue weighted by Crippen LogP contribution is -2.42. The van der Waals surface area contributed by atoms with Gasteiger partial charge in [-0.15, -0.1) is 0 Å². The van der Waals surface area contributed by atoms with E-state index in [2.05, 4.69) is 57.0 Å². The molecule has 0 aromatic carbocycles. The Morgan fingerprint density at radius 2 is 2.00 bits per heavy atom. The van der Waals surface area contributed by atoms with E-state index in [0.29, 0.717) is 0 Å². The van der Waals surface area contributed by atoms with Gasteiger partial charge in [-0.2, -0.15) is 11.8 Å². The Morgan fingerprint density at radius 3 is 2.53 bits per heavy atom. The van der Waals surface area contributed by atoms with Gasteiger partial charge in [-0.1, -0.05) is 13.8 Å². The van der Waals surface area contributed by atoms with Crippen LogP contribution in [0.3, 0.4) is 0 Å². The van der Waals surface area contributed by atoms with Crippen LogP contribution in [-0.2, 0) is 0 Å². The van der Waals surface area contributed by atoms with Gasteiger partial charge in [0.25, 0.3) is 0 Å². The van der Waals surface area contributed by atoms with Crippen molar-refractivity contribution in [3.8, 4) is 0 Å². The number of thioether (sulfide) groups is 1. The third-order valence-corrected chi connectivity index (χ3v) is 5.38. The third kappa shape index (κ3) is 5.19. The second-order valence-corrected chi connectivity index (χ2v) is 7.27. The quantitative estimate of drug-likeness (QED) is 0.788. The molecule has 0 saturated heterocycles. The molecule has 17 heavy (non-hydrogen) atoms. The van der Waals surface area contributed by atoms with Gasteiger partial charge in [-0.25, -0.2) is 0 Å². The first kappa shape index (κ1) is 15.3. The molecule has 0 bridgehead atoms. The lowest BCUT2D eigenvalue weighted by molar-refractivity contribution is 0.251. The van der Waals surface area contributed by atoms with Crippen LogP contribution in [0.4, 0.5) is 0 Å². The molecular formula is C14H30N2S. The highest BCUT2D eigenvalue weighted by Crippen LogP contribution is 2.36. The summed E-state index contributed by atoms with van der Waals surface area (Å²) in [7, 11) is 6.45. The van der Waals surface area contributed by atoms with E-state index in [9.17, 15) is 0 Å². The molecule has 0 radical (unpaired) electrons. The maximum atomic E-state index is 3.52. The molecule has 1 rings (SSSR count). The molecule has 1 fully saturated rings. The fraction of sp³-hybridized carbons (Fsp3) is 1.00. The van der Waals surface area contributed by atoms with Crippen molar-refractivity contribution in [2.24, 2.45) is 11.8 Å². The van der Waals surface area contributed by atoms with Crippen LogP contribution in [-0.4, -0.2) is 49.6 Å². The van der Waals surface area contributed by atoms with E-state index in [1.165, 1.54) is 31.6 Å². The average molecular weight is 258 g/mol. The van der Waals surface area contributed by atoms with E-state index < -0.39 is 0 Å². The molecule has 2 nitrogen and oxygen atoms in total. The molecule has 1 aliphatic rings. The van der Waals surface area contributed by atoms with Crippen molar-refractivity contribution in [3.05, 3.63) is 0 Å². The van der Waals surface area contributed by atoms with Crippen LogP contribution in [0, 0.1) is 11.8 Å². The molecule has 0 amide bonds. The Labute approximate surface area is 112 Å². The fourth-order valence-corrected chi connectivity index (χ4v) is 4.33. The summed E-state index contributed by atoms with van der Waals surface area (Å²) < 4.78 is 0. The molecule has 0 aliphatic heterocycles. The molecule has 0 aromatic rings. The maximum Gasteiger partial charge on any atom is 0.0204 e. The summed E-state index contributed by atoms with van der Waals surface area (Å²) in [4.78, 5) is 2.28. The summed E-state index contributed by atoms with van der Waals surface area (Å²) in [5.41, 5.74) is 0. The molecule has 0 aromatic heterocycles. The van der Waals surface area contributed by atoms with Gasteiger partial charge in [0.2, 0.25) is 0 Å². The first-order valence-corrected chi connectivity index (χ1v) is 8.03. The minimum Gasteiger partial charge on any atom is -0.316 e. The summed E-state index contributed by atoms with van der Waals surface area (Å²) in [5, 5.41) is 4.34. The van der Waals surface area contributed by atoms with Crippen molar-refractivity contribution < 1.29 is 0 Å². The first-order valence-electron chi connectivity index (χ1n) is 6.98. The lowest BCUT2D eigenvalue weighted by atomic mass is 9.79. The van der Waals surface area contributed by atoms with Crippen molar-refractivity contribution in [2.75, 3.05) is 33.4 Å². The molecule has 3 heteroatoms. The highest BCUT2D eigenvalue weighted by molar-refractivity contribution is 8.00. The largest absolute Gasteiger partial charge is 0.316 e. The first-order chi connectivity index (χ1) is 8.04. The molecule has 3 atom stereocenters. The zero-order chi connectivity index (χ0) is 12.8. The zero-order valence-corrected chi connectivity index (χ0v) is 13.0. The molecule has 3 unspecified atom stereocenters. The fourth-order valence-electron chi connectivity index (χ4n) is 2.67. The smallest absolute Gasteiger partial charge is 0.0204 e. The summed E-state index contributed by atoms with van der Waals surface area (Å²) in [5.74, 6) is 3.06. The van der Waals surface area contributed by atoms with E-state index in [1.807, 2.05) is 0 Å². The Morgan fingerprint density at radius 1 is 1.29 bits per heavy atom. The van der Waals surface area contributed by atoms with Crippen molar-refractivity contribution in [2.45, 2.75) is 44.4 Å². The number of nitrogens with zero attached hydrogens (tertiary/aromatic N) is 1. The number of nitrogens with one attached hydrogen (secondary N) is 1. The normalized spacial score (nSPS) is 30.2. The minimum absolute atomic E-state index is 0.733. The standard InChI is InChI=1S/C14H30N2S/c1-11(2)12-6-7-13(15-3)14(10-12)17-9-8-16(4)5/h11-15H,6-10H2,1-5H3.